The molecule has 0 saturated heterocycles. The molecule has 0 aliphatic rings. The molecule has 1 rings (SSSR count). The molecule has 0 saturated carbocycles. The van der Waals surface area contributed by atoms with Crippen LogP contribution in [0.15, 0.2) is 23.1 Å². The molecule has 0 atom stereocenters. The van der Waals surface area contributed by atoms with Crippen LogP contribution in [0.4, 0.5) is 0 Å². The molecule has 1 aromatic rings. The molecule has 0 bridgehead atoms. The minimum atomic E-state index is -3.47. The molecular formula is C13H21NO3S. The fourth-order valence-corrected chi connectivity index (χ4v) is 3.12. The fourth-order valence-electron chi connectivity index (χ4n) is 1.70. The number of aryl methyl sites for hydroxylation is 1. The van der Waals surface area contributed by atoms with Crippen LogP contribution >= 0.6 is 0 Å². The minimum Gasteiger partial charge on any atom is -0.392 e. The normalized spacial score (nSPS) is 12.4. The maximum absolute atomic E-state index is 12.3. The second kappa shape index (κ2) is 5.82. The summed E-state index contributed by atoms with van der Waals surface area (Å²) in [5.74, 6) is 0. The molecule has 1 N–H and O–H groups in total. The van der Waals surface area contributed by atoms with Crippen molar-refractivity contribution >= 4 is 10.0 Å². The van der Waals surface area contributed by atoms with Crippen molar-refractivity contribution in [1.29, 1.82) is 0 Å². The summed E-state index contributed by atoms with van der Waals surface area (Å²) >= 11 is 0. The van der Waals surface area contributed by atoms with Crippen LogP contribution in [-0.4, -0.2) is 30.9 Å². The second-order valence-electron chi connectivity index (χ2n) is 4.56. The van der Waals surface area contributed by atoms with E-state index in [4.69, 9.17) is 0 Å². The van der Waals surface area contributed by atoms with E-state index in [2.05, 4.69) is 0 Å². The lowest BCUT2D eigenvalue weighted by Crippen LogP contribution is -2.33. The van der Waals surface area contributed by atoms with Gasteiger partial charge in [-0.05, 0) is 43.5 Å². The summed E-state index contributed by atoms with van der Waals surface area (Å²) < 4.78 is 25.9. The zero-order valence-electron chi connectivity index (χ0n) is 11.3. The predicted octanol–water partition coefficient (Wildman–Crippen LogP) is 1.77. The van der Waals surface area contributed by atoms with E-state index in [1.54, 1.807) is 25.2 Å². The van der Waals surface area contributed by atoms with Gasteiger partial charge < -0.3 is 5.11 Å². The summed E-state index contributed by atoms with van der Waals surface area (Å²) in [6, 6.07) is 4.84. The van der Waals surface area contributed by atoms with Crippen molar-refractivity contribution in [3.63, 3.8) is 0 Å². The van der Waals surface area contributed by atoms with Crippen molar-refractivity contribution in [2.45, 2.75) is 44.7 Å². The molecule has 0 unspecified atom stereocenters. The van der Waals surface area contributed by atoms with E-state index in [0.717, 1.165) is 12.0 Å². The highest BCUT2D eigenvalue weighted by Gasteiger charge is 2.23. The van der Waals surface area contributed by atoms with Crippen molar-refractivity contribution in [2.75, 3.05) is 7.05 Å². The molecule has 102 valence electrons. The lowest BCUT2D eigenvalue weighted by atomic mass is 10.1. The summed E-state index contributed by atoms with van der Waals surface area (Å²) in [5, 5.41) is 9.28. The number of hydrogen-bond donors (Lipinski definition) is 1. The summed E-state index contributed by atoms with van der Waals surface area (Å²) in [6.45, 7) is 5.48. The van der Waals surface area contributed by atoms with Gasteiger partial charge in [0.15, 0.2) is 0 Å². The first-order valence-electron chi connectivity index (χ1n) is 6.05. The van der Waals surface area contributed by atoms with E-state index < -0.39 is 10.0 Å². The van der Waals surface area contributed by atoms with E-state index in [9.17, 15) is 13.5 Å². The maximum atomic E-state index is 12.3. The Bertz CT molecular complexity index is 509. The second-order valence-corrected chi connectivity index (χ2v) is 6.55. The van der Waals surface area contributed by atoms with E-state index in [1.165, 1.54) is 4.31 Å². The Labute approximate surface area is 109 Å². The van der Waals surface area contributed by atoms with E-state index >= 15 is 0 Å². The van der Waals surface area contributed by atoms with E-state index in [0.29, 0.717) is 5.56 Å². The quantitative estimate of drug-likeness (QED) is 0.888. The third kappa shape index (κ3) is 2.91. The highest BCUT2D eigenvalue weighted by Crippen LogP contribution is 2.20. The number of rotatable bonds is 5. The van der Waals surface area contributed by atoms with Gasteiger partial charge in [0.25, 0.3) is 0 Å². The molecule has 0 aliphatic heterocycles. The van der Waals surface area contributed by atoms with Gasteiger partial charge in [-0.25, -0.2) is 8.42 Å². The SMILES string of the molecule is CCc1ccc(S(=O)(=O)N(C)C(C)C)cc1CO. The average molecular weight is 271 g/mol. The average Bonchev–Trinajstić information content (AvgIpc) is 2.36. The lowest BCUT2D eigenvalue weighted by Gasteiger charge is -2.21. The van der Waals surface area contributed by atoms with Crippen molar-refractivity contribution in [3.05, 3.63) is 29.3 Å². The first kappa shape index (κ1) is 15.1. The third-order valence-electron chi connectivity index (χ3n) is 3.13. The summed E-state index contributed by atoms with van der Waals surface area (Å²) in [7, 11) is -1.91. The molecule has 0 aromatic heterocycles. The monoisotopic (exact) mass is 271 g/mol. The Balaban J connectivity index is 3.26. The van der Waals surface area contributed by atoms with Gasteiger partial charge in [0.2, 0.25) is 10.0 Å². The van der Waals surface area contributed by atoms with E-state index in [1.807, 2.05) is 20.8 Å². The standard InChI is InChI=1S/C13H21NO3S/c1-5-11-6-7-13(8-12(11)9-15)18(16,17)14(4)10(2)3/h6-8,10,15H,5,9H2,1-4H3. The van der Waals surface area contributed by atoms with Crippen LogP contribution in [0.25, 0.3) is 0 Å². The molecule has 0 heterocycles. The number of hydrogen-bond acceptors (Lipinski definition) is 3. The zero-order chi connectivity index (χ0) is 13.9. The highest BCUT2D eigenvalue weighted by molar-refractivity contribution is 7.89. The number of aliphatic hydroxyl groups excluding tert-OH is 1. The van der Waals surface area contributed by atoms with Crippen LogP contribution in [0.2, 0.25) is 0 Å². The van der Waals surface area contributed by atoms with Crippen LogP contribution in [0.5, 0.6) is 0 Å². The molecule has 4 nitrogen and oxygen atoms in total. The number of sulfonamides is 1. The Morgan fingerprint density at radius 1 is 1.28 bits per heavy atom. The van der Waals surface area contributed by atoms with Gasteiger partial charge in [-0.1, -0.05) is 13.0 Å². The first-order chi connectivity index (χ1) is 8.34. The molecule has 0 amide bonds. The lowest BCUT2D eigenvalue weighted by molar-refractivity contribution is 0.280. The van der Waals surface area contributed by atoms with Gasteiger partial charge in [0, 0.05) is 13.1 Å². The molecule has 5 heteroatoms. The minimum absolute atomic E-state index is 0.0987. The number of aliphatic hydroxyl groups is 1. The molecule has 1 aromatic carbocycles. The highest BCUT2D eigenvalue weighted by atomic mass is 32.2. The fraction of sp³-hybridized carbons (Fsp3) is 0.538. The molecule has 0 radical (unpaired) electrons. The Morgan fingerprint density at radius 2 is 1.89 bits per heavy atom. The van der Waals surface area contributed by atoms with Gasteiger partial charge in [0.05, 0.1) is 11.5 Å². The van der Waals surface area contributed by atoms with Crippen LogP contribution < -0.4 is 0 Å². The molecule has 0 aliphatic carbocycles. The maximum Gasteiger partial charge on any atom is 0.243 e. The van der Waals surface area contributed by atoms with Crippen LogP contribution in [-0.2, 0) is 23.1 Å². The molecule has 18 heavy (non-hydrogen) atoms. The van der Waals surface area contributed by atoms with E-state index in [-0.39, 0.29) is 17.5 Å². The van der Waals surface area contributed by atoms with Crippen molar-refractivity contribution < 1.29 is 13.5 Å². The van der Waals surface area contributed by atoms with Gasteiger partial charge in [-0.3, -0.25) is 0 Å². The topological polar surface area (TPSA) is 57.6 Å². The molecular weight excluding hydrogens is 250 g/mol. The summed E-state index contributed by atoms with van der Waals surface area (Å²) in [6.07, 6.45) is 0.774. The first-order valence-corrected chi connectivity index (χ1v) is 7.49. The van der Waals surface area contributed by atoms with Gasteiger partial charge in [-0.15, -0.1) is 0 Å². The van der Waals surface area contributed by atoms with Crippen LogP contribution in [0.3, 0.4) is 0 Å². The predicted molar refractivity (Wildman–Crippen MR) is 71.8 cm³/mol. The van der Waals surface area contributed by atoms with Gasteiger partial charge >= 0.3 is 0 Å². The van der Waals surface area contributed by atoms with Gasteiger partial charge in [-0.2, -0.15) is 4.31 Å². The van der Waals surface area contributed by atoms with Crippen LogP contribution in [0.1, 0.15) is 31.9 Å². The largest absolute Gasteiger partial charge is 0.392 e. The summed E-state index contributed by atoms with van der Waals surface area (Å²) in [4.78, 5) is 0.236. The van der Waals surface area contributed by atoms with Crippen molar-refractivity contribution in [3.8, 4) is 0 Å². The Hall–Kier alpha value is -0.910. The zero-order valence-corrected chi connectivity index (χ0v) is 12.2. The summed E-state index contributed by atoms with van der Waals surface area (Å²) in [5.41, 5.74) is 1.65. The van der Waals surface area contributed by atoms with Crippen LogP contribution in [0, 0.1) is 0 Å². The molecule has 0 spiro atoms. The Morgan fingerprint density at radius 3 is 2.33 bits per heavy atom. The van der Waals surface area contributed by atoms with Gasteiger partial charge in [0.1, 0.15) is 0 Å². The number of benzene rings is 1. The molecule has 0 fully saturated rings. The Kier molecular flexibility index (Phi) is 4.90. The van der Waals surface area contributed by atoms with Crippen molar-refractivity contribution in [1.82, 2.24) is 4.31 Å². The number of nitrogens with zero attached hydrogens (tertiary/aromatic N) is 1. The smallest absolute Gasteiger partial charge is 0.243 e. The third-order valence-corrected chi connectivity index (χ3v) is 5.16. The van der Waals surface area contributed by atoms with Crippen molar-refractivity contribution in [2.24, 2.45) is 0 Å².